The molecular weight excluding hydrogens is 462 g/mol. The van der Waals surface area contributed by atoms with Gasteiger partial charge in [0.25, 0.3) is 5.91 Å². The molecule has 3 aromatic rings. The van der Waals surface area contributed by atoms with Crippen LogP contribution in [0.5, 0.6) is 0 Å². The molecule has 2 bridgehead atoms. The fourth-order valence-electron chi connectivity index (χ4n) is 6.25. The molecule has 3 fully saturated rings. The number of nitrogens with zero attached hydrogens (tertiary/aromatic N) is 2. The molecule has 2 saturated heterocycles. The minimum atomic E-state index is -0.400. The zero-order valence-corrected chi connectivity index (χ0v) is 21.4. The van der Waals surface area contributed by atoms with Crippen LogP contribution in [0.15, 0.2) is 54.9 Å². The smallest absolute Gasteiger partial charge is 0.252 e. The predicted molar refractivity (Wildman–Crippen MR) is 145 cm³/mol. The summed E-state index contributed by atoms with van der Waals surface area (Å²) in [6.45, 7) is 6.01. The third-order valence-corrected chi connectivity index (χ3v) is 8.42. The van der Waals surface area contributed by atoms with Gasteiger partial charge < -0.3 is 25.6 Å². The highest BCUT2D eigenvalue weighted by atomic mass is 16.5. The summed E-state index contributed by atoms with van der Waals surface area (Å²) in [6.07, 6.45) is 7.95. The average molecular weight is 496 g/mol. The van der Waals surface area contributed by atoms with Crippen LogP contribution >= 0.6 is 0 Å². The summed E-state index contributed by atoms with van der Waals surface area (Å²) < 4.78 is 5.97. The number of amides is 1. The van der Waals surface area contributed by atoms with Crippen molar-refractivity contribution < 1.29 is 9.53 Å². The fraction of sp³-hybridized carbons (Fsp3) is 0.400. The number of aromatic nitrogens is 1. The molecule has 1 saturated carbocycles. The van der Waals surface area contributed by atoms with Gasteiger partial charge in [-0.05, 0) is 81.0 Å². The Morgan fingerprint density at radius 3 is 2.68 bits per heavy atom. The SMILES string of the molecule is Cc1ccc(N2CC3CCC(C2)N3)cc1C(=O)NC1(c2cc(C3=CNC(C)O3)cc3ncccc23)CC1. The normalized spacial score (nSPS) is 25.4. The molecule has 4 heterocycles. The van der Waals surface area contributed by atoms with Gasteiger partial charge in [0.05, 0.1) is 11.1 Å². The Morgan fingerprint density at radius 2 is 1.95 bits per heavy atom. The lowest BCUT2D eigenvalue weighted by Gasteiger charge is -2.35. The summed E-state index contributed by atoms with van der Waals surface area (Å²) in [4.78, 5) is 20.9. The van der Waals surface area contributed by atoms with Crippen molar-refractivity contribution in [2.24, 2.45) is 0 Å². The molecule has 0 spiro atoms. The number of carbonyl (C=O) groups is 1. The molecule has 190 valence electrons. The van der Waals surface area contributed by atoms with Crippen LogP contribution in [-0.2, 0) is 10.3 Å². The average Bonchev–Trinajstić information content (AvgIpc) is 3.42. The van der Waals surface area contributed by atoms with Crippen LogP contribution in [0.25, 0.3) is 16.7 Å². The van der Waals surface area contributed by atoms with E-state index in [0.29, 0.717) is 12.1 Å². The first-order chi connectivity index (χ1) is 18.0. The molecule has 3 unspecified atom stereocenters. The van der Waals surface area contributed by atoms with E-state index < -0.39 is 5.54 Å². The van der Waals surface area contributed by atoms with Gasteiger partial charge in [-0.15, -0.1) is 0 Å². The van der Waals surface area contributed by atoms with Gasteiger partial charge >= 0.3 is 0 Å². The highest BCUT2D eigenvalue weighted by Crippen LogP contribution is 2.49. The number of benzene rings is 2. The van der Waals surface area contributed by atoms with Crippen molar-refractivity contribution in [3.05, 3.63) is 77.1 Å². The lowest BCUT2D eigenvalue weighted by atomic mass is 9.95. The van der Waals surface area contributed by atoms with Crippen LogP contribution in [0, 0.1) is 6.92 Å². The van der Waals surface area contributed by atoms with Crippen LogP contribution in [0.4, 0.5) is 5.69 Å². The number of hydrogen-bond donors (Lipinski definition) is 3. The molecule has 3 aliphatic heterocycles. The largest absolute Gasteiger partial charge is 0.469 e. The Labute approximate surface area is 217 Å². The van der Waals surface area contributed by atoms with E-state index in [9.17, 15) is 4.79 Å². The first-order valence-electron chi connectivity index (χ1n) is 13.4. The van der Waals surface area contributed by atoms with Gasteiger partial charge in [0.2, 0.25) is 0 Å². The maximum absolute atomic E-state index is 13.8. The zero-order valence-electron chi connectivity index (χ0n) is 21.4. The van der Waals surface area contributed by atoms with E-state index >= 15 is 0 Å². The Kier molecular flexibility index (Phi) is 5.18. The number of anilines is 1. The molecule has 2 aromatic carbocycles. The maximum Gasteiger partial charge on any atom is 0.252 e. The fourth-order valence-corrected chi connectivity index (χ4v) is 6.25. The third kappa shape index (κ3) is 4.02. The third-order valence-electron chi connectivity index (χ3n) is 8.42. The lowest BCUT2D eigenvalue weighted by molar-refractivity contribution is 0.0930. The second-order valence-electron chi connectivity index (χ2n) is 11.1. The number of ether oxygens (including phenoxy) is 1. The molecule has 3 N–H and O–H groups in total. The van der Waals surface area contributed by atoms with Crippen molar-refractivity contribution >= 4 is 28.3 Å². The molecule has 0 radical (unpaired) electrons. The second-order valence-corrected chi connectivity index (χ2v) is 11.1. The van der Waals surface area contributed by atoms with Gasteiger partial charge in [-0.1, -0.05) is 12.1 Å². The number of rotatable bonds is 5. The Balaban J connectivity index is 1.20. The highest BCUT2D eigenvalue weighted by molar-refractivity contribution is 5.98. The summed E-state index contributed by atoms with van der Waals surface area (Å²) in [6, 6.07) is 15.8. The van der Waals surface area contributed by atoms with Gasteiger partial charge in [0.15, 0.2) is 6.23 Å². The molecular formula is C30H33N5O2. The summed E-state index contributed by atoms with van der Waals surface area (Å²) >= 11 is 0. The minimum Gasteiger partial charge on any atom is -0.469 e. The van der Waals surface area contributed by atoms with E-state index in [1.165, 1.54) is 12.8 Å². The molecule has 7 heteroatoms. The van der Waals surface area contributed by atoms with Crippen molar-refractivity contribution in [3.63, 3.8) is 0 Å². The molecule has 1 aliphatic carbocycles. The van der Waals surface area contributed by atoms with Crippen molar-refractivity contribution in [1.29, 1.82) is 0 Å². The van der Waals surface area contributed by atoms with Gasteiger partial charge in [0.1, 0.15) is 5.76 Å². The second kappa shape index (κ2) is 8.48. The molecule has 7 rings (SSSR count). The summed E-state index contributed by atoms with van der Waals surface area (Å²) in [7, 11) is 0. The zero-order chi connectivity index (χ0) is 25.1. The van der Waals surface area contributed by atoms with Crippen LogP contribution in [0.1, 0.15) is 59.7 Å². The molecule has 3 atom stereocenters. The number of aryl methyl sites for hydroxylation is 1. The monoisotopic (exact) mass is 495 g/mol. The minimum absolute atomic E-state index is 0.0102. The van der Waals surface area contributed by atoms with E-state index in [0.717, 1.165) is 70.5 Å². The molecule has 7 nitrogen and oxygen atoms in total. The number of pyridine rings is 1. The van der Waals surface area contributed by atoms with Gasteiger partial charge in [0, 0.05) is 59.8 Å². The Bertz CT molecular complexity index is 1420. The maximum atomic E-state index is 13.8. The summed E-state index contributed by atoms with van der Waals surface area (Å²) in [5, 5.41) is 11.4. The number of carbonyl (C=O) groups excluding carboxylic acids is 1. The Morgan fingerprint density at radius 1 is 1.14 bits per heavy atom. The lowest BCUT2D eigenvalue weighted by Crippen LogP contribution is -2.51. The van der Waals surface area contributed by atoms with Crippen molar-refractivity contribution in [2.75, 3.05) is 18.0 Å². The van der Waals surface area contributed by atoms with Gasteiger partial charge in [-0.2, -0.15) is 0 Å². The first-order valence-corrected chi connectivity index (χ1v) is 13.4. The number of piperazine rings is 1. The van der Waals surface area contributed by atoms with E-state index in [2.05, 4.69) is 62.2 Å². The first kappa shape index (κ1) is 22.6. The van der Waals surface area contributed by atoms with E-state index in [1.54, 1.807) is 0 Å². The van der Waals surface area contributed by atoms with E-state index in [-0.39, 0.29) is 12.1 Å². The van der Waals surface area contributed by atoms with Crippen LogP contribution in [0.3, 0.4) is 0 Å². The van der Waals surface area contributed by atoms with Crippen molar-refractivity contribution in [1.82, 2.24) is 20.9 Å². The molecule has 1 amide bonds. The number of hydrogen-bond acceptors (Lipinski definition) is 6. The van der Waals surface area contributed by atoms with Gasteiger partial charge in [-0.3, -0.25) is 9.78 Å². The highest BCUT2D eigenvalue weighted by Gasteiger charge is 2.47. The Hall–Kier alpha value is -3.58. The van der Waals surface area contributed by atoms with E-state index in [4.69, 9.17) is 4.74 Å². The molecule has 37 heavy (non-hydrogen) atoms. The summed E-state index contributed by atoms with van der Waals surface area (Å²) in [5.74, 6) is 0.793. The van der Waals surface area contributed by atoms with Crippen LogP contribution in [0.2, 0.25) is 0 Å². The van der Waals surface area contributed by atoms with E-state index in [1.807, 2.05) is 32.3 Å². The molecule has 4 aliphatic rings. The van der Waals surface area contributed by atoms with Crippen molar-refractivity contribution in [2.45, 2.75) is 63.4 Å². The van der Waals surface area contributed by atoms with Crippen LogP contribution < -0.4 is 20.9 Å². The number of fused-ring (bicyclic) bond motifs is 3. The summed E-state index contributed by atoms with van der Waals surface area (Å²) in [5.41, 5.74) is 5.49. The topological polar surface area (TPSA) is 78.5 Å². The van der Waals surface area contributed by atoms with Gasteiger partial charge in [-0.25, -0.2) is 0 Å². The molecule has 1 aromatic heterocycles. The quantitative estimate of drug-likeness (QED) is 0.493. The standard InChI is InChI=1S/C30H33N5O2/c1-18-5-8-23(35-16-21-6-7-22(17-35)33-21)14-25(18)29(36)34-30(9-10-30)26-12-20(28-15-32-19(2)37-28)13-27-24(26)4-3-11-31-27/h3-5,8,11-15,19,21-22,32-33H,6-7,9-10,16-17H2,1-2H3,(H,34,36). The number of nitrogens with one attached hydrogen (secondary N) is 3. The van der Waals surface area contributed by atoms with Crippen molar-refractivity contribution in [3.8, 4) is 0 Å². The predicted octanol–water partition coefficient (Wildman–Crippen LogP) is 4.17. The van der Waals surface area contributed by atoms with Crippen LogP contribution in [-0.4, -0.2) is 42.3 Å².